The Morgan fingerprint density at radius 3 is 2.44 bits per heavy atom. The fourth-order valence-electron chi connectivity index (χ4n) is 3.24. The Morgan fingerprint density at radius 2 is 1.70 bits per heavy atom. The van der Waals surface area contributed by atoms with Crippen molar-refractivity contribution in [1.29, 1.82) is 0 Å². The van der Waals surface area contributed by atoms with Crippen LogP contribution in [0.5, 0.6) is 0 Å². The molecule has 0 atom stereocenters. The van der Waals surface area contributed by atoms with Crippen molar-refractivity contribution in [2.45, 2.75) is 0 Å². The van der Waals surface area contributed by atoms with Gasteiger partial charge in [0, 0.05) is 22.4 Å². The highest BCUT2D eigenvalue weighted by molar-refractivity contribution is 6.11. The molecule has 0 aliphatic carbocycles. The molecule has 0 saturated heterocycles. The summed E-state index contributed by atoms with van der Waals surface area (Å²) in [6.45, 7) is 0. The van der Waals surface area contributed by atoms with E-state index in [1.54, 1.807) is 24.3 Å². The van der Waals surface area contributed by atoms with E-state index in [0.717, 1.165) is 0 Å². The molecule has 0 unspecified atom stereocenters. The van der Waals surface area contributed by atoms with Gasteiger partial charge in [-0.15, -0.1) is 0 Å². The van der Waals surface area contributed by atoms with Gasteiger partial charge in [-0.25, -0.2) is 4.79 Å². The van der Waals surface area contributed by atoms with Crippen LogP contribution in [-0.4, -0.2) is 16.2 Å². The minimum Gasteiger partial charge on any atom is -0.515 e. The van der Waals surface area contributed by atoms with Gasteiger partial charge < -0.3 is 14.6 Å². The summed E-state index contributed by atoms with van der Waals surface area (Å²) in [6, 6.07) is 13.4. The van der Waals surface area contributed by atoms with Gasteiger partial charge in [-0.1, -0.05) is 18.2 Å². The SMILES string of the molecule is O=C(O)c1ccccc1-c1c2ccc(=O)cc2oc2/c(=C\O)c(=O)ccc12. The third kappa shape index (κ3) is 2.55. The van der Waals surface area contributed by atoms with Crippen molar-refractivity contribution in [2.75, 3.05) is 0 Å². The molecular formula is C21H12O6. The monoisotopic (exact) mass is 360 g/mol. The Balaban J connectivity index is 2.34. The molecule has 1 heterocycles. The quantitative estimate of drug-likeness (QED) is 0.533. The number of fused-ring (bicyclic) bond motifs is 2. The number of aromatic carboxylic acids is 1. The molecule has 6 heteroatoms. The smallest absolute Gasteiger partial charge is 0.336 e. The summed E-state index contributed by atoms with van der Waals surface area (Å²) in [6.07, 6.45) is 0.647. The van der Waals surface area contributed by atoms with Gasteiger partial charge in [0.25, 0.3) is 0 Å². The van der Waals surface area contributed by atoms with E-state index < -0.39 is 11.4 Å². The van der Waals surface area contributed by atoms with E-state index in [4.69, 9.17) is 4.42 Å². The van der Waals surface area contributed by atoms with Crippen LogP contribution in [-0.2, 0) is 0 Å². The van der Waals surface area contributed by atoms with Crippen LogP contribution in [0.3, 0.4) is 0 Å². The van der Waals surface area contributed by atoms with E-state index in [0.29, 0.717) is 28.2 Å². The fraction of sp³-hybridized carbons (Fsp3) is 0. The van der Waals surface area contributed by atoms with Crippen LogP contribution in [0.15, 0.2) is 68.6 Å². The van der Waals surface area contributed by atoms with Gasteiger partial charge >= 0.3 is 5.97 Å². The number of hydrogen-bond donors (Lipinski definition) is 2. The molecule has 4 rings (SSSR count). The number of hydrogen-bond acceptors (Lipinski definition) is 5. The maximum atomic E-state index is 12.1. The number of rotatable bonds is 2. The number of aliphatic hydroxyl groups excluding tert-OH is 1. The molecule has 0 bridgehead atoms. The molecule has 0 spiro atoms. The lowest BCUT2D eigenvalue weighted by atomic mass is 9.93. The first-order valence-corrected chi connectivity index (χ1v) is 8.02. The van der Waals surface area contributed by atoms with Gasteiger partial charge in [0.2, 0.25) is 0 Å². The first kappa shape index (κ1) is 16.5. The van der Waals surface area contributed by atoms with Crippen molar-refractivity contribution in [3.63, 3.8) is 0 Å². The van der Waals surface area contributed by atoms with Crippen LogP contribution in [0.2, 0.25) is 0 Å². The van der Waals surface area contributed by atoms with Crippen molar-refractivity contribution in [3.8, 4) is 11.1 Å². The van der Waals surface area contributed by atoms with Crippen molar-refractivity contribution in [3.05, 3.63) is 85.8 Å². The Labute approximate surface area is 151 Å². The molecule has 2 N–H and O–H groups in total. The van der Waals surface area contributed by atoms with Gasteiger partial charge in [0.1, 0.15) is 11.2 Å². The molecule has 0 saturated carbocycles. The third-order valence-corrected chi connectivity index (χ3v) is 4.42. The van der Waals surface area contributed by atoms with Gasteiger partial charge in [-0.2, -0.15) is 0 Å². The molecular weight excluding hydrogens is 348 g/mol. The minimum absolute atomic E-state index is 0.0678. The fourth-order valence-corrected chi connectivity index (χ4v) is 3.24. The standard InChI is InChI=1S/C21H12O6/c22-10-16-17(24)8-7-15-19(12-3-1-2-4-13(12)21(25)26)14-6-5-11(23)9-18(14)27-20(15)16/h1-10,22H,(H,25,26)/b16-10-. The van der Waals surface area contributed by atoms with Crippen LogP contribution in [0.4, 0.5) is 0 Å². The highest BCUT2D eigenvalue weighted by Gasteiger charge is 2.19. The molecule has 27 heavy (non-hydrogen) atoms. The second-order valence-electron chi connectivity index (χ2n) is 5.97. The average Bonchev–Trinajstić information content (AvgIpc) is 2.66. The predicted molar refractivity (Wildman–Crippen MR) is 101 cm³/mol. The molecule has 0 radical (unpaired) electrons. The van der Waals surface area contributed by atoms with E-state index in [9.17, 15) is 24.6 Å². The molecule has 0 aliphatic heterocycles. The summed E-state index contributed by atoms with van der Waals surface area (Å²) >= 11 is 0. The maximum Gasteiger partial charge on any atom is 0.336 e. The van der Waals surface area contributed by atoms with Crippen LogP contribution < -0.4 is 16.1 Å². The highest BCUT2D eigenvalue weighted by Crippen LogP contribution is 2.36. The van der Waals surface area contributed by atoms with Crippen LogP contribution in [0.25, 0.3) is 39.3 Å². The average molecular weight is 360 g/mol. The second kappa shape index (κ2) is 6.10. The van der Waals surface area contributed by atoms with Crippen molar-refractivity contribution in [1.82, 2.24) is 0 Å². The van der Waals surface area contributed by atoms with E-state index in [1.807, 2.05) is 0 Å². The lowest BCUT2D eigenvalue weighted by molar-refractivity contribution is 0.0697. The summed E-state index contributed by atoms with van der Waals surface area (Å²) < 4.78 is 5.75. The van der Waals surface area contributed by atoms with E-state index in [-0.39, 0.29) is 27.4 Å². The van der Waals surface area contributed by atoms with Crippen molar-refractivity contribution in [2.24, 2.45) is 0 Å². The minimum atomic E-state index is -1.11. The Kier molecular flexibility index (Phi) is 3.74. The summed E-state index contributed by atoms with van der Waals surface area (Å²) in [4.78, 5) is 35.6. The topological polar surface area (TPSA) is 105 Å². The Bertz CT molecular complexity index is 1400. The molecule has 132 valence electrons. The van der Waals surface area contributed by atoms with Crippen LogP contribution in [0.1, 0.15) is 10.4 Å². The highest BCUT2D eigenvalue weighted by atomic mass is 16.4. The lowest BCUT2D eigenvalue weighted by Gasteiger charge is -2.13. The molecule has 1 aromatic heterocycles. The zero-order chi connectivity index (χ0) is 19.1. The number of aliphatic hydroxyl groups is 1. The molecule has 0 amide bonds. The third-order valence-electron chi connectivity index (χ3n) is 4.42. The first-order chi connectivity index (χ1) is 13.0. The molecule has 4 aromatic rings. The Morgan fingerprint density at radius 1 is 0.963 bits per heavy atom. The van der Waals surface area contributed by atoms with Crippen LogP contribution in [0, 0.1) is 0 Å². The first-order valence-electron chi connectivity index (χ1n) is 8.02. The maximum absolute atomic E-state index is 12.1. The van der Waals surface area contributed by atoms with Gasteiger partial charge in [-0.3, -0.25) is 9.59 Å². The largest absolute Gasteiger partial charge is 0.515 e. The number of benzene rings is 3. The lowest BCUT2D eigenvalue weighted by Crippen LogP contribution is -2.24. The predicted octanol–water partition coefficient (Wildman–Crippen LogP) is 2.69. The number of carboxylic acids is 1. The van der Waals surface area contributed by atoms with Crippen LogP contribution >= 0.6 is 0 Å². The molecule has 3 aromatic carbocycles. The van der Waals surface area contributed by atoms with Gasteiger partial charge in [0.15, 0.2) is 10.9 Å². The number of carbonyl (C=O) groups is 1. The van der Waals surface area contributed by atoms with Gasteiger partial charge in [0.05, 0.1) is 17.0 Å². The van der Waals surface area contributed by atoms with E-state index in [1.165, 1.54) is 30.3 Å². The normalized spacial score (nSPS) is 11.9. The zero-order valence-electron chi connectivity index (χ0n) is 13.8. The summed E-state index contributed by atoms with van der Waals surface area (Å²) in [5.74, 6) is -1.11. The molecule has 0 fully saturated rings. The van der Waals surface area contributed by atoms with Gasteiger partial charge in [-0.05, 0) is 35.9 Å². The summed E-state index contributed by atoms with van der Waals surface area (Å²) in [5.41, 5.74) is 0.513. The van der Waals surface area contributed by atoms with Crippen molar-refractivity contribution >= 4 is 34.2 Å². The summed E-state index contributed by atoms with van der Waals surface area (Å²) in [5, 5.41) is 20.0. The zero-order valence-corrected chi connectivity index (χ0v) is 13.8. The van der Waals surface area contributed by atoms with Crippen molar-refractivity contribution < 1.29 is 19.4 Å². The molecule has 6 nitrogen and oxygen atoms in total. The molecule has 0 aliphatic rings. The van der Waals surface area contributed by atoms with E-state index >= 15 is 0 Å². The summed E-state index contributed by atoms with van der Waals surface area (Å²) in [7, 11) is 0. The second-order valence-corrected chi connectivity index (χ2v) is 5.97. The number of carboxylic acid groups (broad SMARTS) is 1. The van der Waals surface area contributed by atoms with E-state index in [2.05, 4.69) is 0 Å². The Hall–Kier alpha value is -3.93.